The molecule has 3 heteroatoms. The van der Waals surface area contributed by atoms with Crippen molar-refractivity contribution in [1.29, 1.82) is 0 Å². The second-order valence-electron chi connectivity index (χ2n) is 4.62. The molecule has 0 amide bonds. The molecule has 1 aliphatic rings. The molecule has 0 radical (unpaired) electrons. The van der Waals surface area contributed by atoms with E-state index in [1.807, 2.05) is 12.1 Å². The van der Waals surface area contributed by atoms with E-state index in [0.717, 1.165) is 31.1 Å². The van der Waals surface area contributed by atoms with Crippen molar-refractivity contribution in [2.75, 3.05) is 30.3 Å². The predicted molar refractivity (Wildman–Crippen MR) is 72.7 cm³/mol. The normalized spacial score (nSPS) is 14.3. The smallest absolute Gasteiger partial charge is 0.144 e. The first-order valence-electron chi connectivity index (χ1n) is 6.58. The number of anilines is 2. The fraction of sp³-hybridized carbons (Fsp3) is 0.571. The van der Waals surface area contributed by atoms with Gasteiger partial charge in [0.05, 0.1) is 12.2 Å². The third-order valence-corrected chi connectivity index (χ3v) is 3.22. The van der Waals surface area contributed by atoms with Gasteiger partial charge in [0.15, 0.2) is 0 Å². The van der Waals surface area contributed by atoms with Gasteiger partial charge >= 0.3 is 0 Å². The van der Waals surface area contributed by atoms with E-state index in [1.54, 1.807) is 0 Å². The molecule has 1 aromatic carbocycles. The monoisotopic (exact) mass is 234 g/mol. The van der Waals surface area contributed by atoms with Crippen LogP contribution in [0.4, 0.5) is 11.4 Å². The standard InChI is InChI=1S/C14H22N2O/c1-2-3-4-5-8-16-9-10-17-14-11-12(15)6-7-13(14)16/h6-7,11H,2-5,8-10,15H2,1H3. The Balaban J connectivity index is 1.97. The van der Waals surface area contributed by atoms with Gasteiger partial charge < -0.3 is 15.4 Å². The van der Waals surface area contributed by atoms with Gasteiger partial charge in [0.2, 0.25) is 0 Å². The van der Waals surface area contributed by atoms with Crippen LogP contribution in [0.25, 0.3) is 0 Å². The number of hydrogen-bond donors (Lipinski definition) is 1. The minimum absolute atomic E-state index is 0.768. The highest BCUT2D eigenvalue weighted by molar-refractivity contribution is 5.64. The molecule has 0 saturated heterocycles. The van der Waals surface area contributed by atoms with Crippen molar-refractivity contribution in [3.63, 3.8) is 0 Å². The second kappa shape index (κ2) is 5.80. The van der Waals surface area contributed by atoms with Gasteiger partial charge in [-0.25, -0.2) is 0 Å². The van der Waals surface area contributed by atoms with Crippen molar-refractivity contribution in [1.82, 2.24) is 0 Å². The van der Waals surface area contributed by atoms with Crippen molar-refractivity contribution in [3.05, 3.63) is 18.2 Å². The average Bonchev–Trinajstić information content (AvgIpc) is 2.34. The van der Waals surface area contributed by atoms with Gasteiger partial charge in [-0.05, 0) is 18.6 Å². The minimum Gasteiger partial charge on any atom is -0.489 e. The Labute approximate surface area is 104 Å². The molecule has 94 valence electrons. The molecule has 17 heavy (non-hydrogen) atoms. The van der Waals surface area contributed by atoms with Gasteiger partial charge in [-0.15, -0.1) is 0 Å². The third-order valence-electron chi connectivity index (χ3n) is 3.22. The molecule has 2 rings (SSSR count). The van der Waals surface area contributed by atoms with E-state index in [9.17, 15) is 0 Å². The molecule has 0 atom stereocenters. The minimum atomic E-state index is 0.768. The molecule has 0 saturated carbocycles. The quantitative estimate of drug-likeness (QED) is 0.628. The zero-order chi connectivity index (χ0) is 12.1. The summed E-state index contributed by atoms with van der Waals surface area (Å²) < 4.78 is 5.64. The average molecular weight is 234 g/mol. The summed E-state index contributed by atoms with van der Waals surface area (Å²) >= 11 is 0. The number of nitrogen functional groups attached to an aromatic ring is 1. The van der Waals surface area contributed by atoms with Crippen LogP contribution in [0, 0.1) is 0 Å². The topological polar surface area (TPSA) is 38.5 Å². The molecule has 0 unspecified atom stereocenters. The predicted octanol–water partition coefficient (Wildman–Crippen LogP) is 3.05. The van der Waals surface area contributed by atoms with E-state index in [0.29, 0.717) is 0 Å². The lowest BCUT2D eigenvalue weighted by Crippen LogP contribution is -2.33. The van der Waals surface area contributed by atoms with Crippen LogP contribution in [-0.4, -0.2) is 19.7 Å². The number of ether oxygens (including phenoxy) is 1. The van der Waals surface area contributed by atoms with Crippen molar-refractivity contribution < 1.29 is 4.74 Å². The molecule has 0 fully saturated rings. The second-order valence-corrected chi connectivity index (χ2v) is 4.62. The fourth-order valence-electron chi connectivity index (χ4n) is 2.26. The van der Waals surface area contributed by atoms with Crippen molar-refractivity contribution in [3.8, 4) is 5.75 Å². The summed E-state index contributed by atoms with van der Waals surface area (Å²) in [4.78, 5) is 2.41. The summed E-state index contributed by atoms with van der Waals surface area (Å²) in [5.41, 5.74) is 7.74. The molecule has 3 nitrogen and oxygen atoms in total. The number of fused-ring (bicyclic) bond motifs is 1. The lowest BCUT2D eigenvalue weighted by Gasteiger charge is -2.31. The first-order chi connectivity index (χ1) is 8.31. The van der Waals surface area contributed by atoms with Crippen molar-refractivity contribution in [2.24, 2.45) is 0 Å². The first kappa shape index (κ1) is 12.1. The van der Waals surface area contributed by atoms with Crippen LogP contribution in [0.5, 0.6) is 5.75 Å². The molecule has 1 heterocycles. The molecule has 0 aromatic heterocycles. The number of benzene rings is 1. The Hall–Kier alpha value is -1.38. The highest BCUT2D eigenvalue weighted by Gasteiger charge is 2.17. The molecule has 1 aliphatic heterocycles. The van der Waals surface area contributed by atoms with Gasteiger partial charge in [0, 0.05) is 18.3 Å². The number of unbranched alkanes of at least 4 members (excludes halogenated alkanes) is 3. The molecular formula is C14H22N2O. The largest absolute Gasteiger partial charge is 0.489 e. The molecule has 0 bridgehead atoms. The molecule has 2 N–H and O–H groups in total. The molecule has 0 aliphatic carbocycles. The van der Waals surface area contributed by atoms with Crippen LogP contribution >= 0.6 is 0 Å². The number of nitrogens with two attached hydrogens (primary N) is 1. The van der Waals surface area contributed by atoms with Crippen molar-refractivity contribution in [2.45, 2.75) is 32.6 Å². The maximum Gasteiger partial charge on any atom is 0.144 e. The zero-order valence-corrected chi connectivity index (χ0v) is 10.6. The van der Waals surface area contributed by atoms with Gasteiger partial charge in [-0.2, -0.15) is 0 Å². The van der Waals surface area contributed by atoms with E-state index in [1.165, 1.54) is 31.4 Å². The highest BCUT2D eigenvalue weighted by Crippen LogP contribution is 2.33. The lowest BCUT2D eigenvalue weighted by molar-refractivity contribution is 0.307. The molecular weight excluding hydrogens is 212 g/mol. The zero-order valence-electron chi connectivity index (χ0n) is 10.6. The Morgan fingerprint density at radius 2 is 2.18 bits per heavy atom. The summed E-state index contributed by atoms with van der Waals surface area (Å²) in [6, 6.07) is 5.95. The SMILES string of the molecule is CCCCCCN1CCOc2cc(N)ccc21. The fourth-order valence-corrected chi connectivity index (χ4v) is 2.26. The van der Waals surface area contributed by atoms with Gasteiger partial charge in [-0.1, -0.05) is 26.2 Å². The van der Waals surface area contributed by atoms with Crippen LogP contribution in [0.1, 0.15) is 32.6 Å². The van der Waals surface area contributed by atoms with Crippen LogP contribution < -0.4 is 15.4 Å². The number of hydrogen-bond acceptors (Lipinski definition) is 3. The highest BCUT2D eigenvalue weighted by atomic mass is 16.5. The van der Waals surface area contributed by atoms with E-state index in [4.69, 9.17) is 10.5 Å². The summed E-state index contributed by atoms with van der Waals surface area (Å²) in [6.07, 6.45) is 5.20. The third kappa shape index (κ3) is 3.05. The van der Waals surface area contributed by atoms with Crippen molar-refractivity contribution >= 4 is 11.4 Å². The summed E-state index contributed by atoms with van der Waals surface area (Å²) in [5.74, 6) is 0.937. The Bertz CT molecular complexity index is 365. The summed E-state index contributed by atoms with van der Waals surface area (Å²) in [7, 11) is 0. The van der Waals surface area contributed by atoms with E-state index in [-0.39, 0.29) is 0 Å². The molecule has 1 aromatic rings. The first-order valence-corrected chi connectivity index (χ1v) is 6.58. The maximum absolute atomic E-state index is 5.77. The van der Waals surface area contributed by atoms with Gasteiger partial charge in [0.25, 0.3) is 0 Å². The Morgan fingerprint density at radius 3 is 3.00 bits per heavy atom. The Morgan fingerprint density at radius 1 is 1.29 bits per heavy atom. The summed E-state index contributed by atoms with van der Waals surface area (Å²) in [5, 5.41) is 0. The van der Waals surface area contributed by atoms with E-state index >= 15 is 0 Å². The molecule has 0 spiro atoms. The van der Waals surface area contributed by atoms with E-state index in [2.05, 4.69) is 17.9 Å². The van der Waals surface area contributed by atoms with Crippen LogP contribution in [0.3, 0.4) is 0 Å². The maximum atomic E-state index is 5.77. The van der Waals surface area contributed by atoms with Gasteiger partial charge in [0.1, 0.15) is 12.4 Å². The summed E-state index contributed by atoms with van der Waals surface area (Å²) in [6.45, 7) is 5.13. The number of rotatable bonds is 5. The van der Waals surface area contributed by atoms with Gasteiger partial charge in [-0.3, -0.25) is 0 Å². The van der Waals surface area contributed by atoms with Crippen LogP contribution in [0.15, 0.2) is 18.2 Å². The van der Waals surface area contributed by atoms with Crippen LogP contribution in [0.2, 0.25) is 0 Å². The lowest BCUT2D eigenvalue weighted by atomic mass is 10.1. The number of nitrogens with zero attached hydrogens (tertiary/aromatic N) is 1. The van der Waals surface area contributed by atoms with E-state index < -0.39 is 0 Å². The van der Waals surface area contributed by atoms with Crippen LogP contribution in [-0.2, 0) is 0 Å². The Kier molecular flexibility index (Phi) is 4.13.